The number of hydrogen-bond acceptors (Lipinski definition) is 15. The van der Waals surface area contributed by atoms with Gasteiger partial charge in [-0.3, -0.25) is 4.79 Å². The van der Waals surface area contributed by atoms with Gasteiger partial charge in [-0.2, -0.15) is 0 Å². The minimum absolute atomic E-state index is 0.152. The first-order chi connectivity index (χ1) is 63.5. The minimum atomic E-state index is 0.152. The number of carbonyl (C=O) groups excluding carboxylic acids is 1. The van der Waals surface area contributed by atoms with Gasteiger partial charge in [0.1, 0.15) is 0 Å². The summed E-state index contributed by atoms with van der Waals surface area (Å²) < 4.78 is 0. The molecule has 0 aliphatic rings. The van der Waals surface area contributed by atoms with E-state index in [4.69, 9.17) is 0 Å². The Hall–Kier alpha value is -1.67. The highest BCUT2D eigenvalue weighted by molar-refractivity contribution is 5.96. The molecule has 774 valence electrons. The van der Waals surface area contributed by atoms with Crippen LogP contribution in [0.15, 0.2) is 12.1 Å². The largest absolute Gasteiger partial charge is 0.303 e. The maximum absolute atomic E-state index is 11.2. The topological polar surface area (TPSA) is 62.4 Å². The van der Waals surface area contributed by atoms with Crippen molar-refractivity contribution in [2.75, 3.05) is 275 Å². The monoisotopic (exact) mass is 1830 g/mol. The first kappa shape index (κ1) is 128. The van der Waals surface area contributed by atoms with Crippen molar-refractivity contribution in [1.82, 2.24) is 68.6 Å². The highest BCUT2D eigenvalue weighted by atomic mass is 16.1. The summed E-state index contributed by atoms with van der Waals surface area (Å²) in [4.78, 5) is 51.7. The molecule has 0 aromatic heterocycles. The van der Waals surface area contributed by atoms with E-state index in [1.54, 1.807) is 6.92 Å². The average Bonchev–Trinajstić information content (AvgIpc) is 0.841. The van der Waals surface area contributed by atoms with Gasteiger partial charge in [-0.15, -0.1) is 0 Å². The molecule has 0 aliphatic carbocycles. The van der Waals surface area contributed by atoms with E-state index in [9.17, 15) is 4.79 Å². The Bertz CT molecular complexity index is 2040. The van der Waals surface area contributed by atoms with Crippen molar-refractivity contribution in [2.45, 2.75) is 434 Å². The molecule has 0 saturated carbocycles. The Labute approximate surface area is 817 Å². The highest BCUT2D eigenvalue weighted by Crippen LogP contribution is 2.19. The lowest BCUT2D eigenvalue weighted by Crippen LogP contribution is -2.38. The molecule has 1 rings (SSSR count). The first-order valence-electron chi connectivity index (χ1n) is 58.2. The number of nitrogens with zero attached hydrogens (tertiary/aromatic N) is 14. The van der Waals surface area contributed by atoms with Crippen molar-refractivity contribution >= 4 is 5.78 Å². The van der Waals surface area contributed by atoms with Crippen molar-refractivity contribution in [3.63, 3.8) is 0 Å². The summed E-state index contributed by atoms with van der Waals surface area (Å²) in [6.45, 7) is 98.8. The molecule has 0 bridgehead atoms. The Balaban J connectivity index is 0.0000127. The van der Waals surface area contributed by atoms with Crippen LogP contribution in [-0.4, -0.2) is 349 Å². The van der Waals surface area contributed by atoms with Gasteiger partial charge in [0.2, 0.25) is 0 Å². The normalized spacial score (nSPS) is 12.3. The maximum atomic E-state index is 11.2. The molecule has 0 spiro atoms. The van der Waals surface area contributed by atoms with Gasteiger partial charge >= 0.3 is 0 Å². The van der Waals surface area contributed by atoms with Crippen LogP contribution in [-0.2, 0) is 0 Å². The van der Waals surface area contributed by atoms with E-state index in [-0.39, 0.29) is 5.78 Å². The van der Waals surface area contributed by atoms with Gasteiger partial charge in [0.15, 0.2) is 5.78 Å². The van der Waals surface area contributed by atoms with Gasteiger partial charge in [0.25, 0.3) is 0 Å². The van der Waals surface area contributed by atoms with Gasteiger partial charge in [0, 0.05) is 5.56 Å². The van der Waals surface area contributed by atoms with E-state index in [1.807, 2.05) is 26.8 Å². The molecule has 0 unspecified atom stereocenters. The SMILES string of the molecule is CC(=O)c1cc(C)cc(C)c1C.CCCCN(CCCC)CCCN(CCCN(CCCC)CCCC)CCCN(CCCCN(CCCN(CCCN(CCCC)CCCC)CCCN(CCCC)CCCC)CCCN(CCCN(CCCC)CCCC)CCCN(CCCC)CCCC)CCCN(CCCN(CCCC)CCCC)CCCN(CCCC)CCCC. The van der Waals surface area contributed by atoms with E-state index in [0.717, 1.165) is 16.7 Å². The zero-order chi connectivity index (χ0) is 95.6. The molecule has 0 heterocycles. The molecule has 130 heavy (non-hydrogen) atoms. The van der Waals surface area contributed by atoms with Gasteiger partial charge < -0.3 is 68.6 Å². The molecule has 0 amide bonds. The second-order valence-corrected chi connectivity index (χ2v) is 40.7. The van der Waals surface area contributed by atoms with E-state index in [1.165, 1.54) is 576 Å². The van der Waals surface area contributed by atoms with Crippen LogP contribution in [0.5, 0.6) is 0 Å². The van der Waals surface area contributed by atoms with Crippen molar-refractivity contribution in [3.8, 4) is 0 Å². The van der Waals surface area contributed by atoms with Crippen molar-refractivity contribution in [3.05, 3.63) is 34.4 Å². The number of unbranched alkanes of at least 4 members (excludes halogenated alkanes) is 17. The van der Waals surface area contributed by atoms with E-state index in [2.05, 4.69) is 185 Å². The molecule has 1 aromatic carbocycles. The molecule has 15 nitrogen and oxygen atoms in total. The summed E-state index contributed by atoms with van der Waals surface area (Å²) in [5.74, 6) is 0.152. The second-order valence-electron chi connectivity index (χ2n) is 40.7. The standard InChI is InChI=1S/C104H224N14.C11H14O/c1-17-33-63-105(64-34-18-2)81-51-93-115(94-52-82-106(65-35-19-3)66-36-20-4)101-59-89-113(90-60-102-116(95-53-83-107(67-37-21-5)68-38-22-6)96-54-84-108(69-39-23-7)70-40-24-8)79-49-50-80-114(91-61-103-117(97-55-85-109(71-41-25-9)72-42-26-10)98-56-86-110(73-43-27-11)74-44-28-12)92-62-104-118(99-57-87-111(75-45-29-13)76-46-30-14)100-58-88-112(77-47-31-15)78-48-32-16;1-7-5-8(2)9(3)11(6-7)10(4)12/h17-104H2,1-16H3;5-6H,1-4H3. The minimum Gasteiger partial charge on any atom is -0.303 e. The lowest BCUT2D eigenvalue weighted by Gasteiger charge is -2.30. The van der Waals surface area contributed by atoms with Gasteiger partial charge in [-0.25, -0.2) is 0 Å². The fourth-order valence-corrected chi connectivity index (χ4v) is 19.1. The molecule has 1 aromatic rings. The number of ketones is 1. The lowest BCUT2D eigenvalue weighted by molar-refractivity contribution is 0.101. The number of rotatable bonds is 102. The van der Waals surface area contributed by atoms with Crippen LogP contribution >= 0.6 is 0 Å². The maximum Gasteiger partial charge on any atom is 0.160 e. The lowest BCUT2D eigenvalue weighted by atomic mass is 9.98. The quantitative estimate of drug-likeness (QED) is 0.0459. The Morgan fingerprint density at radius 1 is 0.162 bits per heavy atom. The fraction of sp³-hybridized carbons (Fsp3) is 0.939. The third-order valence-corrected chi connectivity index (χ3v) is 28.0. The molecule has 15 heteroatoms. The molecule has 0 atom stereocenters. The fourth-order valence-electron chi connectivity index (χ4n) is 19.1. The smallest absolute Gasteiger partial charge is 0.160 e. The van der Waals surface area contributed by atoms with Crippen molar-refractivity contribution < 1.29 is 4.79 Å². The summed E-state index contributed by atoms with van der Waals surface area (Å²) in [7, 11) is 0. The molecular weight excluding hydrogens is 1590 g/mol. The summed E-state index contributed by atoms with van der Waals surface area (Å²) in [6, 6.07) is 4.05. The predicted octanol–water partition coefficient (Wildman–Crippen LogP) is 26.3. The second kappa shape index (κ2) is 96.2. The van der Waals surface area contributed by atoms with Crippen molar-refractivity contribution in [2.24, 2.45) is 0 Å². The number of benzene rings is 1. The van der Waals surface area contributed by atoms with Crippen LogP contribution < -0.4 is 0 Å². The Kier molecular flexibility index (Phi) is 95.0. The summed E-state index contributed by atoms with van der Waals surface area (Å²) in [5, 5.41) is 0. The van der Waals surface area contributed by atoms with Gasteiger partial charge in [-0.05, 0) is 512 Å². The van der Waals surface area contributed by atoms with Crippen LogP contribution in [0.4, 0.5) is 0 Å². The number of aryl methyl sites for hydroxylation is 2. The zero-order valence-electron chi connectivity index (χ0n) is 92.5. The van der Waals surface area contributed by atoms with Crippen LogP contribution in [0.1, 0.15) is 440 Å². The molecule has 0 saturated heterocycles. The van der Waals surface area contributed by atoms with Crippen LogP contribution in [0, 0.1) is 20.8 Å². The summed E-state index contributed by atoms with van der Waals surface area (Å²) in [6.07, 6.45) is 60.3. The van der Waals surface area contributed by atoms with Crippen LogP contribution in [0.2, 0.25) is 0 Å². The number of carbonyl (C=O) groups is 1. The number of Topliss-reactive ketones (excluding diaryl/α,β-unsaturated/α-hetero) is 1. The van der Waals surface area contributed by atoms with Gasteiger partial charge in [0.05, 0.1) is 0 Å². The third kappa shape index (κ3) is 76.2. The Morgan fingerprint density at radius 3 is 0.362 bits per heavy atom. The van der Waals surface area contributed by atoms with Crippen LogP contribution in [0.3, 0.4) is 0 Å². The average molecular weight is 1830 g/mol. The summed E-state index contributed by atoms with van der Waals surface area (Å²) in [5.41, 5.74) is 4.31. The molecule has 0 aliphatic heterocycles. The first-order valence-corrected chi connectivity index (χ1v) is 58.2. The van der Waals surface area contributed by atoms with Crippen LogP contribution in [0.25, 0.3) is 0 Å². The predicted molar refractivity (Wildman–Crippen MR) is 584 cm³/mol. The van der Waals surface area contributed by atoms with Gasteiger partial charge in [-0.1, -0.05) is 225 Å². The van der Waals surface area contributed by atoms with Crippen molar-refractivity contribution in [1.29, 1.82) is 0 Å². The highest BCUT2D eigenvalue weighted by Gasteiger charge is 2.20. The Morgan fingerprint density at radius 2 is 0.262 bits per heavy atom. The molecular formula is C115H238N14O. The molecule has 0 radical (unpaired) electrons. The van der Waals surface area contributed by atoms with E-state index < -0.39 is 0 Å². The number of hydrogen-bond donors (Lipinski definition) is 0. The third-order valence-electron chi connectivity index (χ3n) is 28.0. The molecule has 0 fully saturated rings. The molecule has 0 N–H and O–H groups in total. The zero-order valence-corrected chi connectivity index (χ0v) is 92.5. The summed E-state index contributed by atoms with van der Waals surface area (Å²) >= 11 is 0. The van der Waals surface area contributed by atoms with E-state index in [0.29, 0.717) is 0 Å². The van der Waals surface area contributed by atoms with E-state index >= 15 is 0 Å².